The van der Waals surface area contributed by atoms with Crippen LogP contribution in [0.25, 0.3) is 0 Å². The summed E-state index contributed by atoms with van der Waals surface area (Å²) in [6.07, 6.45) is 1.25. The Morgan fingerprint density at radius 3 is 1.85 bits per heavy atom. The normalized spacial score (nSPS) is 19.8. The average Bonchev–Trinajstić information content (AvgIpc) is 2.09. The largest absolute Gasteiger partial charge is 0.395 e. The Labute approximate surface area is 88.2 Å². The zero-order valence-electron chi connectivity index (χ0n) is 8.50. The molecule has 1 aliphatic rings. The van der Waals surface area contributed by atoms with E-state index in [4.69, 9.17) is 5.11 Å². The van der Waals surface area contributed by atoms with Crippen molar-refractivity contribution in [1.82, 2.24) is 9.80 Å². The van der Waals surface area contributed by atoms with Gasteiger partial charge in [-0.15, -0.1) is 0 Å². The molecule has 0 aromatic heterocycles. The average molecular weight is 206 g/mol. The zero-order chi connectivity index (χ0) is 8.81. The molecule has 4 heteroatoms. The highest BCUT2D eigenvalue weighted by Gasteiger charge is 2.14. The van der Waals surface area contributed by atoms with E-state index >= 15 is 0 Å². The third kappa shape index (κ3) is 4.86. The minimum absolute atomic E-state index is 0. The molecule has 0 aromatic carbocycles. The lowest BCUT2D eigenvalue weighted by Crippen LogP contribution is -2.47. The number of aliphatic hydroxyl groups is 1. The Morgan fingerprint density at radius 1 is 1.00 bits per heavy atom. The van der Waals surface area contributed by atoms with Crippen LogP contribution in [-0.4, -0.2) is 60.8 Å². The number of piperazine rings is 1. The first-order valence-corrected chi connectivity index (χ1v) is 4.92. The Balaban J connectivity index is 0.00000144. The molecule has 0 aliphatic carbocycles. The van der Waals surface area contributed by atoms with E-state index in [1.807, 2.05) is 0 Å². The molecule has 13 heavy (non-hydrogen) atoms. The fourth-order valence-electron chi connectivity index (χ4n) is 1.69. The van der Waals surface area contributed by atoms with Gasteiger partial charge in [-0.05, 0) is 13.0 Å². The molecule has 0 amide bonds. The molecule has 1 saturated heterocycles. The maximum Gasteiger partial charge on any atom is 0.0558 e. The molecule has 1 heterocycles. The summed E-state index contributed by atoms with van der Waals surface area (Å²) in [5, 5.41) is 8.73. The van der Waals surface area contributed by atoms with Gasteiger partial charge in [-0.25, -0.2) is 0 Å². The predicted molar refractivity (Wildman–Crippen MR) is 60.6 cm³/mol. The van der Waals surface area contributed by atoms with Crippen molar-refractivity contribution in [3.05, 3.63) is 0 Å². The third-order valence-electron chi connectivity index (χ3n) is 2.42. The monoisotopic (exact) mass is 206 g/mol. The van der Waals surface area contributed by atoms with Gasteiger partial charge in [0.1, 0.15) is 0 Å². The van der Waals surface area contributed by atoms with Crippen LogP contribution in [0.1, 0.15) is 13.3 Å². The first-order chi connectivity index (χ1) is 5.86. The number of β-amino-alcohol motifs (C(OH)–C–C–N with tert-alkyl or cyclic N) is 1. The lowest BCUT2D eigenvalue weighted by atomic mass is 10.3. The molecule has 1 fully saturated rings. The van der Waals surface area contributed by atoms with Crippen LogP contribution in [-0.2, 0) is 0 Å². The number of hydrogen-bond donors (Lipinski definition) is 1. The van der Waals surface area contributed by atoms with Crippen LogP contribution in [0.15, 0.2) is 0 Å². The first kappa shape index (κ1) is 13.2. The molecule has 0 spiro atoms. The molecule has 80 valence electrons. The molecule has 0 unspecified atom stereocenters. The second kappa shape index (κ2) is 7.62. The van der Waals surface area contributed by atoms with Crippen molar-refractivity contribution in [3.63, 3.8) is 0 Å². The van der Waals surface area contributed by atoms with Crippen molar-refractivity contribution in [2.45, 2.75) is 13.3 Å². The summed E-state index contributed by atoms with van der Waals surface area (Å²) in [5.41, 5.74) is 0. The van der Waals surface area contributed by atoms with Gasteiger partial charge in [0.2, 0.25) is 0 Å². The molecule has 0 saturated carbocycles. The summed E-state index contributed by atoms with van der Waals surface area (Å²) in [7, 11) is 0. The first-order valence-electron chi connectivity index (χ1n) is 4.92. The third-order valence-corrected chi connectivity index (χ3v) is 2.42. The predicted octanol–water partition coefficient (Wildman–Crippen LogP) is 0.119. The van der Waals surface area contributed by atoms with E-state index in [1.54, 1.807) is 0 Å². The number of aliphatic hydroxyl groups excluding tert-OH is 1. The Hall–Kier alpha value is 0.230. The van der Waals surface area contributed by atoms with Crippen LogP contribution in [0.2, 0.25) is 0 Å². The molecule has 3 nitrogen and oxygen atoms in total. The minimum atomic E-state index is 0. The maximum absolute atomic E-state index is 8.73. The van der Waals surface area contributed by atoms with Crippen LogP contribution >= 0.6 is 13.5 Å². The van der Waals surface area contributed by atoms with Gasteiger partial charge >= 0.3 is 0 Å². The lowest BCUT2D eigenvalue weighted by molar-refractivity contribution is 0.113. The highest BCUT2D eigenvalue weighted by Crippen LogP contribution is 2.01. The van der Waals surface area contributed by atoms with E-state index in [-0.39, 0.29) is 13.5 Å². The molecular formula is C9H22N2OS. The van der Waals surface area contributed by atoms with Crippen molar-refractivity contribution in [2.24, 2.45) is 0 Å². The highest BCUT2D eigenvalue weighted by molar-refractivity contribution is 7.59. The Bertz CT molecular complexity index is 102. The van der Waals surface area contributed by atoms with E-state index in [0.29, 0.717) is 6.61 Å². The van der Waals surface area contributed by atoms with Crippen LogP contribution in [0.3, 0.4) is 0 Å². The molecule has 0 radical (unpaired) electrons. The molecule has 1 rings (SSSR count). The molecule has 0 aromatic rings. The summed E-state index contributed by atoms with van der Waals surface area (Å²) in [4.78, 5) is 4.82. The summed E-state index contributed by atoms with van der Waals surface area (Å²) in [6, 6.07) is 0. The highest BCUT2D eigenvalue weighted by atomic mass is 32.1. The van der Waals surface area contributed by atoms with Crippen molar-refractivity contribution >= 4 is 13.5 Å². The van der Waals surface area contributed by atoms with Gasteiger partial charge in [0, 0.05) is 32.7 Å². The van der Waals surface area contributed by atoms with E-state index in [9.17, 15) is 0 Å². The van der Waals surface area contributed by atoms with E-state index < -0.39 is 0 Å². The number of rotatable bonds is 4. The van der Waals surface area contributed by atoms with Gasteiger partial charge in [-0.3, -0.25) is 4.90 Å². The lowest BCUT2D eigenvalue weighted by Gasteiger charge is -2.34. The minimum Gasteiger partial charge on any atom is -0.395 e. The van der Waals surface area contributed by atoms with E-state index in [0.717, 1.165) is 19.6 Å². The van der Waals surface area contributed by atoms with Gasteiger partial charge in [0.15, 0.2) is 0 Å². The quantitative estimate of drug-likeness (QED) is 0.708. The number of hydrogen-bond acceptors (Lipinski definition) is 3. The molecule has 1 aliphatic heterocycles. The zero-order valence-corrected chi connectivity index (χ0v) is 9.50. The fraction of sp³-hybridized carbons (Fsp3) is 1.00. The second-order valence-corrected chi connectivity index (χ2v) is 3.41. The van der Waals surface area contributed by atoms with Crippen LogP contribution in [0, 0.1) is 0 Å². The summed E-state index contributed by atoms with van der Waals surface area (Å²) in [6.45, 7) is 9.20. The Morgan fingerprint density at radius 2 is 1.46 bits per heavy atom. The van der Waals surface area contributed by atoms with Crippen molar-refractivity contribution in [3.8, 4) is 0 Å². The van der Waals surface area contributed by atoms with Crippen LogP contribution in [0.4, 0.5) is 0 Å². The van der Waals surface area contributed by atoms with Gasteiger partial charge < -0.3 is 10.0 Å². The van der Waals surface area contributed by atoms with Crippen molar-refractivity contribution < 1.29 is 5.11 Å². The van der Waals surface area contributed by atoms with Crippen LogP contribution < -0.4 is 0 Å². The fourth-order valence-corrected chi connectivity index (χ4v) is 1.69. The number of nitrogens with zero attached hydrogens (tertiary/aromatic N) is 2. The second-order valence-electron chi connectivity index (χ2n) is 3.41. The van der Waals surface area contributed by atoms with Gasteiger partial charge in [0.05, 0.1) is 6.61 Å². The summed E-state index contributed by atoms with van der Waals surface area (Å²) < 4.78 is 0. The smallest absolute Gasteiger partial charge is 0.0558 e. The molecule has 1 N–H and O–H groups in total. The standard InChI is InChI=1S/C9H20N2O.H2S/c1-2-3-10-4-6-11(7-5-10)8-9-12;/h12H,2-9H2,1H3;1H2. The van der Waals surface area contributed by atoms with Crippen molar-refractivity contribution in [1.29, 1.82) is 0 Å². The summed E-state index contributed by atoms with van der Waals surface area (Å²) in [5.74, 6) is 0. The van der Waals surface area contributed by atoms with Gasteiger partial charge in [-0.1, -0.05) is 6.92 Å². The molecular weight excluding hydrogens is 184 g/mol. The van der Waals surface area contributed by atoms with E-state index in [1.165, 1.54) is 26.1 Å². The van der Waals surface area contributed by atoms with Crippen molar-refractivity contribution in [2.75, 3.05) is 45.9 Å². The van der Waals surface area contributed by atoms with E-state index in [2.05, 4.69) is 16.7 Å². The SMILES string of the molecule is CCCN1CCN(CCO)CC1.S. The summed E-state index contributed by atoms with van der Waals surface area (Å²) >= 11 is 0. The molecule has 0 bridgehead atoms. The topological polar surface area (TPSA) is 26.7 Å². The molecule has 0 atom stereocenters. The Kier molecular flexibility index (Phi) is 7.75. The van der Waals surface area contributed by atoms with Crippen LogP contribution in [0.5, 0.6) is 0 Å². The van der Waals surface area contributed by atoms with Gasteiger partial charge in [0.25, 0.3) is 0 Å². The maximum atomic E-state index is 8.73. The van der Waals surface area contributed by atoms with Gasteiger partial charge in [-0.2, -0.15) is 13.5 Å².